The van der Waals surface area contributed by atoms with Crippen molar-refractivity contribution in [1.29, 1.82) is 0 Å². The number of halogens is 1. The fourth-order valence-electron chi connectivity index (χ4n) is 2.41. The van der Waals surface area contributed by atoms with Crippen LogP contribution >= 0.6 is 15.9 Å². The van der Waals surface area contributed by atoms with E-state index in [0.717, 1.165) is 15.7 Å². The summed E-state index contributed by atoms with van der Waals surface area (Å²) < 4.78 is 0.860. The lowest BCUT2D eigenvalue weighted by molar-refractivity contribution is -0.131. The highest BCUT2D eigenvalue weighted by molar-refractivity contribution is 9.10. The molecule has 0 fully saturated rings. The minimum atomic E-state index is -0.678. The zero-order chi connectivity index (χ0) is 14.9. The van der Waals surface area contributed by atoms with Gasteiger partial charge < -0.3 is 15.5 Å². The Morgan fingerprint density at radius 3 is 2.65 bits per heavy atom. The number of carbonyl (C=O) groups excluding carboxylic acids is 2. The van der Waals surface area contributed by atoms with E-state index in [-0.39, 0.29) is 18.4 Å². The van der Waals surface area contributed by atoms with Gasteiger partial charge in [-0.3, -0.25) is 9.59 Å². The average Bonchev–Trinajstić information content (AvgIpc) is 2.65. The molecule has 20 heavy (non-hydrogen) atoms. The van der Waals surface area contributed by atoms with E-state index in [9.17, 15) is 9.59 Å². The van der Waals surface area contributed by atoms with Crippen LogP contribution in [-0.4, -0.2) is 36.3 Å². The molecule has 0 saturated heterocycles. The predicted octanol–water partition coefficient (Wildman–Crippen LogP) is 1.66. The van der Waals surface area contributed by atoms with E-state index >= 15 is 0 Å². The fraction of sp³-hybridized carbons (Fsp3) is 0.429. The molecule has 1 aromatic rings. The largest absolute Gasteiger partial charge is 0.342 e. The van der Waals surface area contributed by atoms with E-state index in [4.69, 9.17) is 5.73 Å². The summed E-state index contributed by atoms with van der Waals surface area (Å²) >= 11 is 3.38. The van der Waals surface area contributed by atoms with Gasteiger partial charge in [0, 0.05) is 23.1 Å². The summed E-state index contributed by atoms with van der Waals surface area (Å²) in [6.45, 7) is 5.15. The van der Waals surface area contributed by atoms with Crippen LogP contribution in [0.25, 0.3) is 0 Å². The Balaban J connectivity index is 2.27. The van der Waals surface area contributed by atoms with E-state index in [1.54, 1.807) is 4.90 Å². The number of likely N-dealkylation sites (N-methyl/N-ethyl adjacent to an activating group) is 1. The number of anilines is 1. The van der Waals surface area contributed by atoms with Crippen LogP contribution in [0.4, 0.5) is 5.69 Å². The number of nitrogens with two attached hydrogens (primary N) is 1. The average molecular weight is 340 g/mol. The van der Waals surface area contributed by atoms with Crippen LogP contribution < -0.4 is 10.6 Å². The van der Waals surface area contributed by atoms with Gasteiger partial charge in [0.1, 0.15) is 12.6 Å². The van der Waals surface area contributed by atoms with Crippen molar-refractivity contribution in [1.82, 2.24) is 4.90 Å². The molecule has 2 rings (SSSR count). The van der Waals surface area contributed by atoms with Gasteiger partial charge in [0.25, 0.3) is 0 Å². The second kappa shape index (κ2) is 5.93. The number of nitrogens with zero attached hydrogens (tertiary/aromatic N) is 2. The van der Waals surface area contributed by atoms with Crippen molar-refractivity contribution in [3.8, 4) is 0 Å². The van der Waals surface area contributed by atoms with Gasteiger partial charge in [-0.05, 0) is 26.0 Å². The lowest BCUT2D eigenvalue weighted by atomic mass is 10.1. The first kappa shape index (κ1) is 15.0. The quantitative estimate of drug-likeness (QED) is 0.907. The standard InChI is InChI=1S/C14H18BrN3O2/c1-3-17(4-2)12(19)8-18-11-7-9(15)5-6-10(11)13(16)14(18)20/h5-7,13H,3-4,8,16H2,1-2H3. The second-order valence-electron chi connectivity index (χ2n) is 4.67. The third-order valence-corrected chi connectivity index (χ3v) is 4.05. The van der Waals surface area contributed by atoms with Crippen molar-refractivity contribution in [2.75, 3.05) is 24.5 Å². The summed E-state index contributed by atoms with van der Waals surface area (Å²) in [5, 5.41) is 0. The molecule has 0 aliphatic carbocycles. The Morgan fingerprint density at radius 1 is 1.40 bits per heavy atom. The first-order chi connectivity index (χ1) is 9.49. The molecule has 1 heterocycles. The molecule has 0 bridgehead atoms. The highest BCUT2D eigenvalue weighted by Gasteiger charge is 2.36. The number of amides is 2. The number of hydrogen-bond acceptors (Lipinski definition) is 3. The van der Waals surface area contributed by atoms with Crippen LogP contribution in [-0.2, 0) is 9.59 Å². The molecular formula is C14H18BrN3O2. The van der Waals surface area contributed by atoms with Gasteiger partial charge in [-0.1, -0.05) is 22.0 Å². The Labute approximate surface area is 126 Å². The Morgan fingerprint density at radius 2 is 2.05 bits per heavy atom. The van der Waals surface area contributed by atoms with Crippen molar-refractivity contribution in [3.05, 3.63) is 28.2 Å². The summed E-state index contributed by atoms with van der Waals surface area (Å²) in [4.78, 5) is 27.6. The van der Waals surface area contributed by atoms with Gasteiger partial charge in [0.05, 0.1) is 5.69 Å². The van der Waals surface area contributed by atoms with E-state index in [2.05, 4.69) is 15.9 Å². The van der Waals surface area contributed by atoms with Crippen molar-refractivity contribution in [3.63, 3.8) is 0 Å². The van der Waals surface area contributed by atoms with Gasteiger partial charge >= 0.3 is 0 Å². The smallest absolute Gasteiger partial charge is 0.249 e. The molecule has 108 valence electrons. The summed E-state index contributed by atoms with van der Waals surface area (Å²) in [6, 6.07) is 4.82. The summed E-state index contributed by atoms with van der Waals surface area (Å²) in [6.07, 6.45) is 0. The van der Waals surface area contributed by atoms with Gasteiger partial charge in [-0.25, -0.2) is 0 Å². The van der Waals surface area contributed by atoms with Crippen LogP contribution in [0, 0.1) is 0 Å². The Bertz CT molecular complexity index is 543. The third kappa shape index (κ3) is 2.58. The maximum Gasteiger partial charge on any atom is 0.249 e. The molecule has 5 nitrogen and oxygen atoms in total. The molecular weight excluding hydrogens is 322 g/mol. The van der Waals surface area contributed by atoms with Crippen molar-refractivity contribution >= 4 is 33.4 Å². The van der Waals surface area contributed by atoms with Gasteiger partial charge in [-0.15, -0.1) is 0 Å². The maximum atomic E-state index is 12.2. The summed E-state index contributed by atoms with van der Waals surface area (Å²) in [7, 11) is 0. The van der Waals surface area contributed by atoms with E-state index in [1.165, 1.54) is 4.90 Å². The number of rotatable bonds is 4. The monoisotopic (exact) mass is 339 g/mol. The summed E-state index contributed by atoms with van der Waals surface area (Å²) in [5.74, 6) is -0.290. The van der Waals surface area contributed by atoms with E-state index in [1.807, 2.05) is 32.0 Å². The zero-order valence-electron chi connectivity index (χ0n) is 11.6. The third-order valence-electron chi connectivity index (χ3n) is 3.56. The van der Waals surface area contributed by atoms with Crippen LogP contribution in [0.5, 0.6) is 0 Å². The predicted molar refractivity (Wildman–Crippen MR) is 81.4 cm³/mol. The molecule has 1 atom stereocenters. The van der Waals surface area contributed by atoms with Crippen molar-refractivity contribution < 1.29 is 9.59 Å². The fourth-order valence-corrected chi connectivity index (χ4v) is 2.76. The van der Waals surface area contributed by atoms with Crippen LogP contribution in [0.2, 0.25) is 0 Å². The highest BCUT2D eigenvalue weighted by atomic mass is 79.9. The molecule has 6 heteroatoms. The lowest BCUT2D eigenvalue weighted by Crippen LogP contribution is -2.42. The Kier molecular flexibility index (Phi) is 4.45. The van der Waals surface area contributed by atoms with E-state index in [0.29, 0.717) is 13.1 Å². The molecule has 0 radical (unpaired) electrons. The van der Waals surface area contributed by atoms with Crippen molar-refractivity contribution in [2.45, 2.75) is 19.9 Å². The topological polar surface area (TPSA) is 66.6 Å². The van der Waals surface area contributed by atoms with Crippen LogP contribution in [0.3, 0.4) is 0 Å². The Hall–Kier alpha value is -1.40. The molecule has 2 amide bonds. The zero-order valence-corrected chi connectivity index (χ0v) is 13.2. The molecule has 0 spiro atoms. The molecule has 0 aromatic heterocycles. The lowest BCUT2D eigenvalue weighted by Gasteiger charge is -2.23. The minimum absolute atomic E-state index is 0.0394. The first-order valence-corrected chi connectivity index (χ1v) is 7.43. The number of benzene rings is 1. The molecule has 2 N–H and O–H groups in total. The summed E-state index contributed by atoms with van der Waals surface area (Å²) in [5.41, 5.74) is 7.40. The van der Waals surface area contributed by atoms with Crippen LogP contribution in [0.15, 0.2) is 22.7 Å². The molecule has 1 aromatic carbocycles. The highest BCUT2D eigenvalue weighted by Crippen LogP contribution is 2.36. The maximum absolute atomic E-state index is 12.2. The van der Waals surface area contributed by atoms with E-state index < -0.39 is 6.04 Å². The number of hydrogen-bond donors (Lipinski definition) is 1. The van der Waals surface area contributed by atoms with Crippen molar-refractivity contribution in [2.24, 2.45) is 5.73 Å². The minimum Gasteiger partial charge on any atom is -0.342 e. The number of carbonyl (C=O) groups is 2. The van der Waals surface area contributed by atoms with Crippen LogP contribution in [0.1, 0.15) is 25.5 Å². The van der Waals surface area contributed by atoms with Gasteiger partial charge in [-0.2, -0.15) is 0 Å². The molecule has 1 aliphatic rings. The second-order valence-corrected chi connectivity index (χ2v) is 5.59. The molecule has 1 unspecified atom stereocenters. The normalized spacial score (nSPS) is 17.3. The first-order valence-electron chi connectivity index (χ1n) is 6.63. The van der Waals surface area contributed by atoms with Gasteiger partial charge in [0.2, 0.25) is 11.8 Å². The molecule has 1 aliphatic heterocycles. The molecule has 0 saturated carbocycles. The SMILES string of the molecule is CCN(CC)C(=O)CN1C(=O)C(N)c2ccc(Br)cc21. The number of fused-ring (bicyclic) bond motifs is 1. The van der Waals surface area contributed by atoms with Gasteiger partial charge in [0.15, 0.2) is 0 Å².